The van der Waals surface area contributed by atoms with Crippen LogP contribution in [0.15, 0.2) is 40.3 Å². The maximum atomic E-state index is 12.5. The number of nitrogens with zero attached hydrogens (tertiary/aromatic N) is 3. The van der Waals surface area contributed by atoms with E-state index < -0.39 is 5.25 Å². The van der Waals surface area contributed by atoms with Crippen LogP contribution in [0.25, 0.3) is 0 Å². The molecule has 6 nitrogen and oxygen atoms in total. The van der Waals surface area contributed by atoms with Crippen LogP contribution in [0, 0.1) is 0 Å². The molecule has 2 aromatic rings. The zero-order chi connectivity index (χ0) is 16.1. The van der Waals surface area contributed by atoms with Crippen molar-refractivity contribution in [3.8, 4) is 0 Å². The van der Waals surface area contributed by atoms with Crippen LogP contribution in [0.2, 0.25) is 0 Å². The number of H-pyrrole nitrogens is 1. The van der Waals surface area contributed by atoms with E-state index in [2.05, 4.69) is 10.2 Å². The van der Waals surface area contributed by atoms with E-state index in [1.54, 1.807) is 23.6 Å². The standard InChI is InChI=1S/C15H20N4O2S/c1-4-10-19-14(21)16-17-15(19)22-12(13(20)18(2)3)11-8-6-5-7-9-11/h5-9,12H,4,10H2,1-3H3,(H,16,21)/t12-/m1/s1. The van der Waals surface area contributed by atoms with Crippen molar-refractivity contribution in [3.05, 3.63) is 46.4 Å². The molecule has 1 aromatic heterocycles. The van der Waals surface area contributed by atoms with Gasteiger partial charge in [0.2, 0.25) is 5.91 Å². The number of carbonyl (C=O) groups is 1. The van der Waals surface area contributed by atoms with Gasteiger partial charge in [-0.1, -0.05) is 49.0 Å². The smallest absolute Gasteiger partial charge is 0.343 e. The topological polar surface area (TPSA) is 71.0 Å². The normalized spacial score (nSPS) is 12.1. The van der Waals surface area contributed by atoms with Crippen LogP contribution < -0.4 is 5.69 Å². The Morgan fingerprint density at radius 1 is 1.36 bits per heavy atom. The highest BCUT2D eigenvalue weighted by molar-refractivity contribution is 8.00. The SMILES string of the molecule is CCCn1c(S[C@@H](C(=O)N(C)C)c2ccccc2)n[nH]c1=O. The third-order valence-electron chi connectivity index (χ3n) is 3.16. The van der Waals surface area contributed by atoms with Crippen molar-refractivity contribution < 1.29 is 4.79 Å². The van der Waals surface area contributed by atoms with Gasteiger partial charge in [0.1, 0.15) is 5.25 Å². The second kappa shape index (κ2) is 7.31. The lowest BCUT2D eigenvalue weighted by atomic mass is 10.1. The third-order valence-corrected chi connectivity index (χ3v) is 4.39. The molecule has 22 heavy (non-hydrogen) atoms. The number of amides is 1. The zero-order valence-electron chi connectivity index (χ0n) is 12.9. The minimum absolute atomic E-state index is 0.0327. The summed E-state index contributed by atoms with van der Waals surface area (Å²) < 4.78 is 1.57. The van der Waals surface area contributed by atoms with Crippen LogP contribution in [0.5, 0.6) is 0 Å². The summed E-state index contributed by atoms with van der Waals surface area (Å²) in [5, 5.41) is 6.63. The van der Waals surface area contributed by atoms with E-state index in [0.717, 1.165) is 12.0 Å². The molecule has 0 radical (unpaired) electrons. The van der Waals surface area contributed by atoms with Crippen LogP contribution in [0.1, 0.15) is 24.2 Å². The quantitative estimate of drug-likeness (QED) is 0.825. The lowest BCUT2D eigenvalue weighted by Gasteiger charge is -2.20. The van der Waals surface area contributed by atoms with E-state index in [-0.39, 0.29) is 11.6 Å². The molecule has 0 unspecified atom stereocenters. The Balaban J connectivity index is 2.35. The molecular formula is C15H20N4O2S. The lowest BCUT2D eigenvalue weighted by molar-refractivity contribution is -0.128. The number of benzene rings is 1. The Bertz CT molecular complexity index is 678. The van der Waals surface area contributed by atoms with E-state index in [0.29, 0.717) is 11.7 Å². The highest BCUT2D eigenvalue weighted by Crippen LogP contribution is 2.34. The number of hydrogen-bond donors (Lipinski definition) is 1. The number of rotatable bonds is 6. The first kappa shape index (κ1) is 16.4. The molecule has 1 atom stereocenters. The van der Waals surface area contributed by atoms with Crippen molar-refractivity contribution >= 4 is 17.7 Å². The van der Waals surface area contributed by atoms with Crippen LogP contribution in [0.4, 0.5) is 0 Å². The first-order valence-electron chi connectivity index (χ1n) is 7.12. The molecule has 0 fully saturated rings. The van der Waals surface area contributed by atoms with Crippen LogP contribution in [-0.4, -0.2) is 39.7 Å². The van der Waals surface area contributed by atoms with Gasteiger partial charge in [-0.2, -0.15) is 0 Å². The second-order valence-electron chi connectivity index (χ2n) is 5.10. The number of aromatic amines is 1. The summed E-state index contributed by atoms with van der Waals surface area (Å²) in [4.78, 5) is 25.8. The van der Waals surface area contributed by atoms with Gasteiger partial charge in [0.15, 0.2) is 5.16 Å². The van der Waals surface area contributed by atoms with Crippen molar-refractivity contribution in [2.75, 3.05) is 14.1 Å². The molecule has 0 aliphatic rings. The van der Waals surface area contributed by atoms with Crippen molar-refractivity contribution in [2.45, 2.75) is 30.3 Å². The lowest BCUT2D eigenvalue weighted by Crippen LogP contribution is -2.27. The molecule has 0 saturated heterocycles. The van der Waals surface area contributed by atoms with Crippen LogP contribution in [0.3, 0.4) is 0 Å². The largest absolute Gasteiger partial charge is 0.348 e. The van der Waals surface area contributed by atoms with Gasteiger partial charge in [-0.05, 0) is 12.0 Å². The molecule has 1 heterocycles. The first-order chi connectivity index (χ1) is 10.5. The Morgan fingerprint density at radius 2 is 2.05 bits per heavy atom. The Hall–Kier alpha value is -2.02. The molecule has 0 aliphatic carbocycles. The number of thioether (sulfide) groups is 1. The molecule has 2 rings (SSSR count). The van der Waals surface area contributed by atoms with Crippen molar-refractivity contribution in [1.82, 2.24) is 19.7 Å². The summed E-state index contributed by atoms with van der Waals surface area (Å²) in [6.45, 7) is 2.57. The minimum atomic E-state index is -0.429. The zero-order valence-corrected chi connectivity index (χ0v) is 13.8. The van der Waals surface area contributed by atoms with Gasteiger partial charge in [-0.3, -0.25) is 9.36 Å². The highest BCUT2D eigenvalue weighted by atomic mass is 32.2. The van der Waals surface area contributed by atoms with Gasteiger partial charge in [0, 0.05) is 20.6 Å². The fourth-order valence-corrected chi connectivity index (χ4v) is 3.26. The van der Waals surface area contributed by atoms with E-state index in [1.807, 2.05) is 37.3 Å². The van der Waals surface area contributed by atoms with Crippen LogP contribution in [-0.2, 0) is 11.3 Å². The number of nitrogens with one attached hydrogen (secondary N) is 1. The molecule has 0 saturated carbocycles. The Kier molecular flexibility index (Phi) is 5.43. The summed E-state index contributed by atoms with van der Waals surface area (Å²) in [5.41, 5.74) is 0.651. The predicted octanol–water partition coefficient (Wildman–Crippen LogP) is 1.90. The van der Waals surface area contributed by atoms with Gasteiger partial charge in [0.05, 0.1) is 0 Å². The average Bonchev–Trinajstić information content (AvgIpc) is 2.86. The van der Waals surface area contributed by atoms with E-state index >= 15 is 0 Å². The summed E-state index contributed by atoms with van der Waals surface area (Å²) in [6, 6.07) is 9.53. The maximum Gasteiger partial charge on any atom is 0.343 e. The summed E-state index contributed by atoms with van der Waals surface area (Å²) in [6.07, 6.45) is 0.824. The van der Waals surface area contributed by atoms with Gasteiger partial charge in [0.25, 0.3) is 0 Å². The molecule has 1 amide bonds. The van der Waals surface area contributed by atoms with Gasteiger partial charge in [-0.25, -0.2) is 9.89 Å². The number of hydrogen-bond acceptors (Lipinski definition) is 4. The second-order valence-corrected chi connectivity index (χ2v) is 6.18. The fraction of sp³-hybridized carbons (Fsp3) is 0.400. The minimum Gasteiger partial charge on any atom is -0.348 e. The van der Waals surface area contributed by atoms with E-state index in [9.17, 15) is 9.59 Å². The Labute approximate surface area is 133 Å². The summed E-state index contributed by atoms with van der Waals surface area (Å²) in [7, 11) is 3.45. The first-order valence-corrected chi connectivity index (χ1v) is 8.00. The molecule has 1 N–H and O–H groups in total. The molecule has 7 heteroatoms. The fourth-order valence-electron chi connectivity index (χ4n) is 2.04. The molecule has 1 aromatic carbocycles. The molecule has 118 valence electrons. The summed E-state index contributed by atoms with van der Waals surface area (Å²) >= 11 is 1.30. The Morgan fingerprint density at radius 3 is 2.64 bits per heavy atom. The van der Waals surface area contributed by atoms with E-state index in [1.165, 1.54) is 11.8 Å². The van der Waals surface area contributed by atoms with E-state index in [4.69, 9.17) is 0 Å². The van der Waals surface area contributed by atoms with Crippen LogP contribution >= 0.6 is 11.8 Å². The number of carbonyl (C=O) groups excluding carboxylic acids is 1. The highest BCUT2D eigenvalue weighted by Gasteiger charge is 2.26. The third kappa shape index (κ3) is 3.59. The van der Waals surface area contributed by atoms with Crippen molar-refractivity contribution in [3.63, 3.8) is 0 Å². The maximum absolute atomic E-state index is 12.5. The van der Waals surface area contributed by atoms with Gasteiger partial charge in [-0.15, -0.1) is 5.10 Å². The molecule has 0 aliphatic heterocycles. The molecular weight excluding hydrogens is 300 g/mol. The number of likely N-dealkylation sites (N-methyl/N-ethyl adjacent to an activating group) is 1. The van der Waals surface area contributed by atoms with Gasteiger partial charge >= 0.3 is 5.69 Å². The molecule has 0 bridgehead atoms. The monoisotopic (exact) mass is 320 g/mol. The van der Waals surface area contributed by atoms with Crippen molar-refractivity contribution in [2.24, 2.45) is 0 Å². The summed E-state index contributed by atoms with van der Waals surface area (Å²) in [5.74, 6) is -0.0327. The van der Waals surface area contributed by atoms with Crippen molar-refractivity contribution in [1.29, 1.82) is 0 Å². The molecule has 0 spiro atoms. The average molecular weight is 320 g/mol. The number of aromatic nitrogens is 3. The predicted molar refractivity (Wildman–Crippen MR) is 86.9 cm³/mol. The van der Waals surface area contributed by atoms with Gasteiger partial charge < -0.3 is 4.90 Å².